The second kappa shape index (κ2) is 8.23. The Morgan fingerprint density at radius 2 is 1.87 bits per heavy atom. The van der Waals surface area contributed by atoms with Crippen LogP contribution in [0.1, 0.15) is 39.0 Å². The van der Waals surface area contributed by atoms with Gasteiger partial charge in [0.25, 0.3) is 0 Å². The van der Waals surface area contributed by atoms with Crippen LogP contribution in [-0.4, -0.2) is 34.7 Å². The minimum Gasteiger partial charge on any atom is -0.481 e. The van der Waals surface area contributed by atoms with E-state index in [0.29, 0.717) is 25.7 Å². The van der Waals surface area contributed by atoms with E-state index in [-0.39, 0.29) is 25.0 Å². The normalized spacial score (nSPS) is 12.1. The maximum absolute atomic E-state index is 11.2. The largest absolute Gasteiger partial charge is 0.481 e. The zero-order valence-electron chi connectivity index (χ0n) is 9.03. The van der Waals surface area contributed by atoms with Gasteiger partial charge in [-0.25, -0.2) is 0 Å². The predicted octanol–water partition coefficient (Wildman–Crippen LogP) is 0.518. The summed E-state index contributed by atoms with van der Waals surface area (Å²) in [5, 5.41) is 19.7. The number of hydrogen-bond acceptors (Lipinski definition) is 3. The Kier molecular flexibility index (Phi) is 7.62. The molecule has 3 N–H and O–H groups in total. The molecule has 0 aromatic carbocycles. The lowest BCUT2D eigenvalue weighted by molar-refractivity contribution is -0.137. The summed E-state index contributed by atoms with van der Waals surface area (Å²) in [6.45, 7) is 1.88. The lowest BCUT2D eigenvalue weighted by atomic mass is 10.1. The van der Waals surface area contributed by atoms with E-state index in [1.165, 1.54) is 0 Å². The summed E-state index contributed by atoms with van der Waals surface area (Å²) in [4.78, 5) is 21.4. The van der Waals surface area contributed by atoms with Crippen molar-refractivity contribution in [1.29, 1.82) is 0 Å². The van der Waals surface area contributed by atoms with E-state index in [1.807, 2.05) is 6.92 Å². The maximum Gasteiger partial charge on any atom is 0.303 e. The van der Waals surface area contributed by atoms with Crippen LogP contribution >= 0.6 is 0 Å². The number of hydrogen-bond donors (Lipinski definition) is 3. The minimum absolute atomic E-state index is 0.0260. The van der Waals surface area contributed by atoms with Gasteiger partial charge in [0, 0.05) is 25.5 Å². The third-order valence-electron chi connectivity index (χ3n) is 2.01. The second-order valence-electron chi connectivity index (χ2n) is 3.58. The van der Waals surface area contributed by atoms with Gasteiger partial charge in [0.15, 0.2) is 0 Å². The fourth-order valence-electron chi connectivity index (χ4n) is 1.17. The molecule has 1 unspecified atom stereocenters. The number of aliphatic hydroxyl groups excluding tert-OH is 1. The molecule has 0 saturated heterocycles. The third-order valence-corrected chi connectivity index (χ3v) is 2.01. The summed E-state index contributed by atoms with van der Waals surface area (Å²) >= 11 is 0. The van der Waals surface area contributed by atoms with Crippen molar-refractivity contribution in [2.24, 2.45) is 0 Å². The highest BCUT2D eigenvalue weighted by Crippen LogP contribution is 2.00. The molecule has 5 nitrogen and oxygen atoms in total. The van der Waals surface area contributed by atoms with Crippen molar-refractivity contribution >= 4 is 11.9 Å². The van der Waals surface area contributed by atoms with Crippen LogP contribution in [0.25, 0.3) is 0 Å². The van der Waals surface area contributed by atoms with Gasteiger partial charge in [0.2, 0.25) is 5.91 Å². The number of carboxylic acids is 1. The first kappa shape index (κ1) is 13.9. The van der Waals surface area contributed by atoms with E-state index >= 15 is 0 Å². The van der Waals surface area contributed by atoms with Gasteiger partial charge in [-0.15, -0.1) is 0 Å². The molecule has 0 heterocycles. The summed E-state index contributed by atoms with van der Waals surface area (Å²) in [5.74, 6) is -0.912. The van der Waals surface area contributed by atoms with E-state index in [0.717, 1.165) is 0 Å². The van der Waals surface area contributed by atoms with E-state index in [2.05, 4.69) is 5.32 Å². The smallest absolute Gasteiger partial charge is 0.303 e. The van der Waals surface area contributed by atoms with Crippen LogP contribution in [0.5, 0.6) is 0 Å². The van der Waals surface area contributed by atoms with Crippen LogP contribution in [0.15, 0.2) is 0 Å². The highest BCUT2D eigenvalue weighted by molar-refractivity contribution is 5.76. The number of aliphatic carboxylic acids is 1. The lowest BCUT2D eigenvalue weighted by Gasteiger charge is -2.11. The van der Waals surface area contributed by atoms with Crippen LogP contribution in [0.2, 0.25) is 0 Å². The molecule has 0 aromatic heterocycles. The Morgan fingerprint density at radius 3 is 2.40 bits per heavy atom. The first-order valence-corrected chi connectivity index (χ1v) is 5.18. The van der Waals surface area contributed by atoms with E-state index in [9.17, 15) is 9.59 Å². The topological polar surface area (TPSA) is 86.6 Å². The van der Waals surface area contributed by atoms with Gasteiger partial charge in [-0.2, -0.15) is 0 Å². The van der Waals surface area contributed by atoms with Crippen molar-refractivity contribution in [3.05, 3.63) is 0 Å². The zero-order chi connectivity index (χ0) is 11.7. The van der Waals surface area contributed by atoms with Gasteiger partial charge in [0.1, 0.15) is 0 Å². The fourth-order valence-corrected chi connectivity index (χ4v) is 1.17. The number of rotatable bonds is 8. The van der Waals surface area contributed by atoms with Crippen LogP contribution in [0, 0.1) is 0 Å². The Morgan fingerprint density at radius 1 is 1.27 bits per heavy atom. The number of amides is 1. The molecule has 0 radical (unpaired) electrons. The summed E-state index contributed by atoms with van der Waals surface area (Å²) in [5.41, 5.74) is 0. The molecule has 0 saturated carbocycles. The van der Waals surface area contributed by atoms with Crippen LogP contribution in [-0.2, 0) is 9.59 Å². The maximum atomic E-state index is 11.2. The van der Waals surface area contributed by atoms with E-state index in [4.69, 9.17) is 10.2 Å². The molecule has 5 heteroatoms. The molecule has 0 aliphatic carbocycles. The van der Waals surface area contributed by atoms with Crippen molar-refractivity contribution in [1.82, 2.24) is 5.32 Å². The van der Waals surface area contributed by atoms with Crippen molar-refractivity contribution in [3.8, 4) is 0 Å². The van der Waals surface area contributed by atoms with E-state index in [1.54, 1.807) is 0 Å². The van der Waals surface area contributed by atoms with Crippen LogP contribution in [0.4, 0.5) is 0 Å². The molecule has 1 atom stereocenters. The standard InChI is InChI=1S/C10H19NO4/c1-8(6-7-12)11-9(13)4-2-3-5-10(14)15/h8,12H,2-7H2,1H3,(H,11,13)(H,14,15). The van der Waals surface area contributed by atoms with Gasteiger partial charge in [0.05, 0.1) is 0 Å². The molecule has 0 bridgehead atoms. The molecule has 0 aliphatic rings. The summed E-state index contributed by atoms with van der Waals surface area (Å²) < 4.78 is 0. The molecular formula is C10H19NO4. The fraction of sp³-hybridized carbons (Fsp3) is 0.800. The van der Waals surface area contributed by atoms with Crippen LogP contribution < -0.4 is 5.32 Å². The van der Waals surface area contributed by atoms with Gasteiger partial charge in [-0.1, -0.05) is 0 Å². The molecule has 88 valence electrons. The second-order valence-corrected chi connectivity index (χ2v) is 3.58. The Balaban J connectivity index is 3.44. The number of carbonyl (C=O) groups excluding carboxylic acids is 1. The number of carboxylic acid groups (broad SMARTS) is 1. The van der Waals surface area contributed by atoms with E-state index < -0.39 is 5.97 Å². The Labute approximate surface area is 89.5 Å². The molecular weight excluding hydrogens is 198 g/mol. The first-order chi connectivity index (χ1) is 7.06. The Bertz CT molecular complexity index is 206. The molecule has 0 aliphatic heterocycles. The first-order valence-electron chi connectivity index (χ1n) is 5.18. The number of aliphatic hydroxyl groups is 1. The van der Waals surface area contributed by atoms with Crippen molar-refractivity contribution < 1.29 is 19.8 Å². The molecule has 0 aromatic rings. The van der Waals surface area contributed by atoms with Crippen molar-refractivity contribution in [2.75, 3.05) is 6.61 Å². The SMILES string of the molecule is CC(CCO)NC(=O)CCCCC(=O)O. The van der Waals surface area contributed by atoms with Crippen LogP contribution in [0.3, 0.4) is 0 Å². The van der Waals surface area contributed by atoms with Crippen molar-refractivity contribution in [3.63, 3.8) is 0 Å². The summed E-state index contributed by atoms with van der Waals surface area (Å²) in [6, 6.07) is -0.0260. The number of carbonyl (C=O) groups is 2. The van der Waals surface area contributed by atoms with Gasteiger partial charge in [-0.3, -0.25) is 9.59 Å². The molecule has 0 fully saturated rings. The number of unbranched alkanes of at least 4 members (excludes halogenated alkanes) is 1. The zero-order valence-corrected chi connectivity index (χ0v) is 9.03. The highest BCUT2D eigenvalue weighted by atomic mass is 16.4. The highest BCUT2D eigenvalue weighted by Gasteiger charge is 2.06. The monoisotopic (exact) mass is 217 g/mol. The average molecular weight is 217 g/mol. The predicted molar refractivity (Wildman–Crippen MR) is 55.4 cm³/mol. The lowest BCUT2D eigenvalue weighted by Crippen LogP contribution is -2.32. The van der Waals surface area contributed by atoms with Gasteiger partial charge < -0.3 is 15.5 Å². The number of nitrogens with one attached hydrogen (secondary N) is 1. The summed E-state index contributed by atoms with van der Waals surface area (Å²) in [6.07, 6.45) is 2.12. The third kappa shape index (κ3) is 9.21. The average Bonchev–Trinajstić information content (AvgIpc) is 2.12. The molecule has 0 rings (SSSR count). The Hall–Kier alpha value is -1.10. The van der Waals surface area contributed by atoms with Gasteiger partial charge in [-0.05, 0) is 26.2 Å². The molecule has 0 spiro atoms. The van der Waals surface area contributed by atoms with Gasteiger partial charge >= 0.3 is 5.97 Å². The quantitative estimate of drug-likeness (QED) is 0.517. The summed E-state index contributed by atoms with van der Waals surface area (Å²) in [7, 11) is 0. The molecule has 1 amide bonds. The van der Waals surface area contributed by atoms with Crippen molar-refractivity contribution in [2.45, 2.75) is 45.1 Å². The molecule has 15 heavy (non-hydrogen) atoms. The minimum atomic E-state index is -0.830.